The Morgan fingerprint density at radius 2 is 1.87 bits per heavy atom. The van der Waals surface area contributed by atoms with Crippen LogP contribution >= 0.6 is 0 Å². The van der Waals surface area contributed by atoms with E-state index < -0.39 is 5.41 Å². The Bertz CT molecular complexity index is 365. The number of benzene rings is 1. The molecule has 1 rings (SSSR count). The van der Waals surface area contributed by atoms with Gasteiger partial charge in [-0.1, -0.05) is 29.8 Å². The first-order valence-electron chi connectivity index (χ1n) is 5.01. The standard InChI is InChI=1S/C13H16O2/c1-10-4-6-12(7-5-10)13(3,9-14)8-11(2)15/h4-7,9H,8H2,1-3H3. The average molecular weight is 204 g/mol. The molecule has 0 fully saturated rings. The monoisotopic (exact) mass is 204 g/mol. The molecule has 1 atom stereocenters. The van der Waals surface area contributed by atoms with Gasteiger partial charge < -0.3 is 4.79 Å². The number of ketones is 1. The molecule has 2 heteroatoms. The molecule has 0 heterocycles. The van der Waals surface area contributed by atoms with Crippen molar-refractivity contribution in [1.29, 1.82) is 0 Å². The maximum Gasteiger partial charge on any atom is 0.131 e. The molecule has 1 aromatic carbocycles. The number of aryl methyl sites for hydroxylation is 1. The van der Waals surface area contributed by atoms with Crippen molar-refractivity contribution in [2.75, 3.05) is 0 Å². The van der Waals surface area contributed by atoms with Gasteiger partial charge in [-0.15, -0.1) is 0 Å². The summed E-state index contributed by atoms with van der Waals surface area (Å²) in [4.78, 5) is 22.2. The third-order valence-corrected chi connectivity index (χ3v) is 2.59. The van der Waals surface area contributed by atoms with E-state index in [9.17, 15) is 9.59 Å². The zero-order valence-electron chi connectivity index (χ0n) is 9.41. The summed E-state index contributed by atoms with van der Waals surface area (Å²) in [7, 11) is 0. The van der Waals surface area contributed by atoms with Crippen LogP contribution in [0.5, 0.6) is 0 Å². The van der Waals surface area contributed by atoms with E-state index in [1.54, 1.807) is 6.92 Å². The Morgan fingerprint density at radius 3 is 2.27 bits per heavy atom. The van der Waals surface area contributed by atoms with Gasteiger partial charge in [0.05, 0.1) is 5.41 Å². The molecule has 0 saturated heterocycles. The summed E-state index contributed by atoms with van der Waals surface area (Å²) in [6, 6.07) is 7.73. The fourth-order valence-corrected chi connectivity index (χ4v) is 1.66. The molecule has 1 unspecified atom stereocenters. The molecule has 1 aromatic rings. The minimum atomic E-state index is -0.681. The van der Waals surface area contributed by atoms with Crippen molar-refractivity contribution >= 4 is 12.1 Å². The lowest BCUT2D eigenvalue weighted by Crippen LogP contribution is -2.26. The smallest absolute Gasteiger partial charge is 0.131 e. The molecule has 0 aromatic heterocycles. The summed E-state index contributed by atoms with van der Waals surface area (Å²) in [6.07, 6.45) is 1.12. The van der Waals surface area contributed by atoms with Gasteiger partial charge in [-0.2, -0.15) is 0 Å². The Morgan fingerprint density at radius 1 is 1.33 bits per heavy atom. The van der Waals surface area contributed by atoms with Gasteiger partial charge in [0.25, 0.3) is 0 Å². The Labute approximate surface area is 90.3 Å². The molecule has 0 spiro atoms. The number of carbonyl (C=O) groups excluding carboxylic acids is 2. The number of rotatable bonds is 4. The highest BCUT2D eigenvalue weighted by atomic mass is 16.1. The van der Waals surface area contributed by atoms with E-state index in [0.29, 0.717) is 0 Å². The third-order valence-electron chi connectivity index (χ3n) is 2.59. The first-order valence-corrected chi connectivity index (χ1v) is 5.01. The summed E-state index contributed by atoms with van der Waals surface area (Å²) in [5.41, 5.74) is 1.37. The quantitative estimate of drug-likeness (QED) is 0.706. The van der Waals surface area contributed by atoms with Crippen LogP contribution in [-0.2, 0) is 15.0 Å². The van der Waals surface area contributed by atoms with Crippen molar-refractivity contribution < 1.29 is 9.59 Å². The second kappa shape index (κ2) is 4.39. The van der Waals surface area contributed by atoms with E-state index in [1.165, 1.54) is 6.92 Å². The van der Waals surface area contributed by atoms with Crippen LogP contribution in [0.3, 0.4) is 0 Å². The molecule has 80 valence electrons. The molecule has 0 saturated carbocycles. The lowest BCUT2D eigenvalue weighted by Gasteiger charge is -2.22. The van der Waals surface area contributed by atoms with Gasteiger partial charge in [-0.25, -0.2) is 0 Å². The highest BCUT2D eigenvalue weighted by Crippen LogP contribution is 2.25. The van der Waals surface area contributed by atoms with E-state index >= 15 is 0 Å². The average Bonchev–Trinajstić information content (AvgIpc) is 2.17. The van der Waals surface area contributed by atoms with Crippen LogP contribution in [-0.4, -0.2) is 12.1 Å². The van der Waals surface area contributed by atoms with Crippen LogP contribution in [0.1, 0.15) is 31.4 Å². The van der Waals surface area contributed by atoms with Gasteiger partial charge in [0.2, 0.25) is 0 Å². The minimum absolute atomic E-state index is 0.0326. The zero-order chi connectivity index (χ0) is 11.5. The summed E-state index contributed by atoms with van der Waals surface area (Å²) in [5, 5.41) is 0. The van der Waals surface area contributed by atoms with Gasteiger partial charge in [0, 0.05) is 6.42 Å². The predicted octanol–water partition coefficient (Wildman–Crippen LogP) is 2.43. The molecule has 0 N–H and O–H groups in total. The summed E-state index contributed by atoms with van der Waals surface area (Å²) >= 11 is 0. The first-order chi connectivity index (χ1) is 6.98. The number of carbonyl (C=O) groups is 2. The predicted molar refractivity (Wildman–Crippen MR) is 59.9 cm³/mol. The van der Waals surface area contributed by atoms with Gasteiger partial charge in [0.1, 0.15) is 12.1 Å². The van der Waals surface area contributed by atoms with E-state index in [1.807, 2.05) is 31.2 Å². The molecule has 0 aliphatic heterocycles. The van der Waals surface area contributed by atoms with E-state index in [-0.39, 0.29) is 12.2 Å². The topological polar surface area (TPSA) is 34.1 Å². The van der Waals surface area contributed by atoms with Crippen molar-refractivity contribution in [3.05, 3.63) is 35.4 Å². The Hall–Kier alpha value is -1.44. The Kier molecular flexibility index (Phi) is 3.40. The van der Waals surface area contributed by atoms with E-state index in [4.69, 9.17) is 0 Å². The van der Waals surface area contributed by atoms with Gasteiger partial charge in [-0.3, -0.25) is 4.79 Å². The fourth-order valence-electron chi connectivity index (χ4n) is 1.66. The molecule has 15 heavy (non-hydrogen) atoms. The zero-order valence-corrected chi connectivity index (χ0v) is 9.41. The highest BCUT2D eigenvalue weighted by Gasteiger charge is 2.27. The van der Waals surface area contributed by atoms with Gasteiger partial charge in [-0.05, 0) is 26.3 Å². The van der Waals surface area contributed by atoms with E-state index in [2.05, 4.69) is 0 Å². The maximum atomic E-state index is 11.1. The maximum absolute atomic E-state index is 11.1. The molecule has 0 amide bonds. The largest absolute Gasteiger partial charge is 0.302 e. The van der Waals surface area contributed by atoms with Crippen LogP contribution in [0, 0.1) is 6.92 Å². The first kappa shape index (κ1) is 11.6. The minimum Gasteiger partial charge on any atom is -0.302 e. The lowest BCUT2D eigenvalue weighted by atomic mass is 9.79. The fraction of sp³-hybridized carbons (Fsp3) is 0.385. The van der Waals surface area contributed by atoms with Crippen LogP contribution in [0.25, 0.3) is 0 Å². The van der Waals surface area contributed by atoms with E-state index in [0.717, 1.165) is 17.4 Å². The molecular formula is C13H16O2. The summed E-state index contributed by atoms with van der Waals surface area (Å²) < 4.78 is 0. The van der Waals surface area contributed by atoms with Crippen molar-refractivity contribution in [2.45, 2.75) is 32.6 Å². The van der Waals surface area contributed by atoms with Crippen LogP contribution < -0.4 is 0 Å². The van der Waals surface area contributed by atoms with Crippen molar-refractivity contribution in [1.82, 2.24) is 0 Å². The number of hydrogen-bond donors (Lipinski definition) is 0. The summed E-state index contributed by atoms with van der Waals surface area (Å²) in [5.74, 6) is 0.0326. The van der Waals surface area contributed by atoms with Gasteiger partial charge >= 0.3 is 0 Å². The number of aldehydes is 1. The Balaban J connectivity index is 3.05. The molecular weight excluding hydrogens is 188 g/mol. The van der Waals surface area contributed by atoms with Gasteiger partial charge in [0.15, 0.2) is 0 Å². The third kappa shape index (κ3) is 2.75. The summed E-state index contributed by atoms with van der Waals surface area (Å²) in [6.45, 7) is 5.30. The molecule has 0 bridgehead atoms. The normalized spacial score (nSPS) is 14.3. The molecule has 2 nitrogen and oxygen atoms in total. The number of hydrogen-bond acceptors (Lipinski definition) is 2. The van der Waals surface area contributed by atoms with Crippen molar-refractivity contribution in [3.8, 4) is 0 Å². The molecule has 0 aliphatic rings. The lowest BCUT2D eigenvalue weighted by molar-refractivity contribution is -0.121. The van der Waals surface area contributed by atoms with Crippen molar-refractivity contribution in [2.24, 2.45) is 0 Å². The SMILES string of the molecule is CC(=O)CC(C)(C=O)c1ccc(C)cc1. The second-order valence-corrected chi connectivity index (χ2v) is 4.28. The molecule has 0 aliphatic carbocycles. The van der Waals surface area contributed by atoms with Crippen LogP contribution in [0.15, 0.2) is 24.3 Å². The molecule has 0 radical (unpaired) electrons. The van der Waals surface area contributed by atoms with Crippen molar-refractivity contribution in [3.63, 3.8) is 0 Å². The van der Waals surface area contributed by atoms with Crippen LogP contribution in [0.2, 0.25) is 0 Å². The highest BCUT2D eigenvalue weighted by molar-refractivity contribution is 5.83. The number of Topliss-reactive ketones (excluding diaryl/α,β-unsaturated/α-hetero) is 1. The second-order valence-electron chi connectivity index (χ2n) is 4.28. The van der Waals surface area contributed by atoms with Crippen LogP contribution in [0.4, 0.5) is 0 Å².